The summed E-state index contributed by atoms with van der Waals surface area (Å²) < 4.78 is 0. The van der Waals surface area contributed by atoms with Crippen molar-refractivity contribution in [2.75, 3.05) is 5.32 Å². The molecule has 1 amide bonds. The minimum Gasteiger partial charge on any atom is -0.362 e. The molecular formula is C11H10N4O2S. The molecule has 1 unspecified atom stereocenters. The summed E-state index contributed by atoms with van der Waals surface area (Å²) in [5.74, 6) is -0.960. The van der Waals surface area contributed by atoms with Gasteiger partial charge in [-0.1, -0.05) is 23.9 Å². The molecule has 0 radical (unpaired) electrons. The quantitative estimate of drug-likeness (QED) is 0.437. The van der Waals surface area contributed by atoms with Crippen molar-refractivity contribution < 1.29 is 4.79 Å². The van der Waals surface area contributed by atoms with Crippen LogP contribution in [0.4, 0.5) is 5.69 Å². The zero-order valence-corrected chi connectivity index (χ0v) is 10.0. The summed E-state index contributed by atoms with van der Waals surface area (Å²) >= 11 is 1.55. The van der Waals surface area contributed by atoms with Gasteiger partial charge in [-0.15, -0.1) is 4.91 Å². The van der Waals surface area contributed by atoms with Gasteiger partial charge in [-0.05, 0) is 12.1 Å². The lowest BCUT2D eigenvalue weighted by atomic mass is 10.3. The van der Waals surface area contributed by atoms with Crippen LogP contribution in [0.25, 0.3) is 0 Å². The van der Waals surface area contributed by atoms with Crippen LogP contribution in [-0.2, 0) is 4.79 Å². The van der Waals surface area contributed by atoms with E-state index in [0.29, 0.717) is 0 Å². The standard InChI is InChI=1S/C11H10N4O2S/c12-5-7(10(16)15-17)6-13-11-14-8-3-1-2-4-9(8)18-11/h1-6,11-14H/b7-6+,12-5?. The van der Waals surface area contributed by atoms with Crippen LogP contribution in [0.15, 0.2) is 46.1 Å². The number of anilines is 1. The van der Waals surface area contributed by atoms with Crippen molar-refractivity contribution in [1.29, 1.82) is 5.41 Å². The fourth-order valence-electron chi connectivity index (χ4n) is 1.45. The predicted molar refractivity (Wildman–Crippen MR) is 70.5 cm³/mol. The van der Waals surface area contributed by atoms with Crippen LogP contribution in [0.1, 0.15) is 0 Å². The van der Waals surface area contributed by atoms with Gasteiger partial charge in [0.15, 0.2) is 0 Å². The highest BCUT2D eigenvalue weighted by Gasteiger charge is 2.19. The van der Waals surface area contributed by atoms with E-state index in [9.17, 15) is 9.70 Å². The summed E-state index contributed by atoms with van der Waals surface area (Å²) in [4.78, 5) is 22.2. The van der Waals surface area contributed by atoms with Crippen LogP contribution in [0.3, 0.4) is 0 Å². The summed E-state index contributed by atoms with van der Waals surface area (Å²) in [5, 5.41) is 15.4. The number of hydrogen-bond acceptors (Lipinski definition) is 6. The fraction of sp³-hybridized carbons (Fsp3) is 0.0909. The van der Waals surface area contributed by atoms with Crippen LogP contribution in [0.5, 0.6) is 0 Å². The average molecular weight is 262 g/mol. The van der Waals surface area contributed by atoms with Crippen LogP contribution >= 0.6 is 11.8 Å². The van der Waals surface area contributed by atoms with Crippen molar-refractivity contribution in [3.05, 3.63) is 40.9 Å². The molecule has 0 saturated heterocycles. The monoisotopic (exact) mass is 262 g/mol. The lowest BCUT2D eigenvalue weighted by Crippen LogP contribution is -2.26. The fourth-order valence-corrected chi connectivity index (χ4v) is 2.43. The number of amides is 1. The van der Waals surface area contributed by atoms with E-state index < -0.39 is 5.91 Å². The molecule has 0 saturated carbocycles. The molecule has 1 aromatic rings. The molecular weight excluding hydrogens is 252 g/mol. The molecule has 1 aromatic carbocycles. The molecule has 0 bridgehead atoms. The number of nitroso groups, excluding NO2 is 1. The average Bonchev–Trinajstić information content (AvgIpc) is 2.81. The number of carbonyl (C=O) groups excluding carboxylic acids is 1. The molecule has 1 aliphatic rings. The Morgan fingerprint density at radius 1 is 1.50 bits per heavy atom. The summed E-state index contributed by atoms with van der Waals surface area (Å²) in [7, 11) is 0. The largest absolute Gasteiger partial charge is 0.362 e. The zero-order chi connectivity index (χ0) is 13.0. The molecule has 0 spiro atoms. The molecule has 3 N–H and O–H groups in total. The first-order valence-corrected chi connectivity index (χ1v) is 5.99. The number of hydrogen-bond donors (Lipinski definition) is 3. The van der Waals surface area contributed by atoms with Crippen molar-refractivity contribution in [3.63, 3.8) is 0 Å². The van der Waals surface area contributed by atoms with Crippen molar-refractivity contribution in [2.24, 2.45) is 5.18 Å². The second-order valence-electron chi connectivity index (χ2n) is 3.45. The van der Waals surface area contributed by atoms with Gasteiger partial charge in [0.1, 0.15) is 5.50 Å². The third kappa shape index (κ3) is 2.57. The van der Waals surface area contributed by atoms with Gasteiger partial charge in [-0.25, -0.2) is 0 Å². The molecule has 18 heavy (non-hydrogen) atoms. The molecule has 0 aromatic heterocycles. The lowest BCUT2D eigenvalue weighted by Gasteiger charge is -2.10. The topological polar surface area (TPSA) is 94.4 Å². The van der Waals surface area contributed by atoms with E-state index >= 15 is 0 Å². The van der Waals surface area contributed by atoms with E-state index in [4.69, 9.17) is 5.41 Å². The minimum atomic E-state index is -0.960. The smallest absolute Gasteiger partial charge is 0.319 e. The van der Waals surface area contributed by atoms with Crippen LogP contribution in [0, 0.1) is 10.3 Å². The maximum absolute atomic E-state index is 11.0. The van der Waals surface area contributed by atoms with Gasteiger partial charge in [0.2, 0.25) is 0 Å². The first-order chi connectivity index (χ1) is 8.74. The van der Waals surface area contributed by atoms with Crippen molar-refractivity contribution >= 4 is 29.6 Å². The van der Waals surface area contributed by atoms with E-state index in [0.717, 1.165) is 16.8 Å². The first-order valence-electron chi connectivity index (χ1n) is 5.11. The molecule has 92 valence electrons. The summed E-state index contributed by atoms with van der Waals surface area (Å²) in [5.41, 5.74) is 0.782. The van der Waals surface area contributed by atoms with Gasteiger partial charge in [0, 0.05) is 22.5 Å². The van der Waals surface area contributed by atoms with Gasteiger partial charge >= 0.3 is 5.91 Å². The van der Waals surface area contributed by atoms with Crippen LogP contribution in [-0.4, -0.2) is 17.6 Å². The second kappa shape index (κ2) is 5.46. The Balaban J connectivity index is 2.01. The van der Waals surface area contributed by atoms with E-state index in [-0.39, 0.29) is 11.1 Å². The Morgan fingerprint density at radius 2 is 2.28 bits per heavy atom. The first kappa shape index (κ1) is 12.3. The van der Waals surface area contributed by atoms with Crippen molar-refractivity contribution in [2.45, 2.75) is 10.4 Å². The number of thioether (sulfide) groups is 1. The highest BCUT2D eigenvalue weighted by atomic mass is 32.2. The zero-order valence-electron chi connectivity index (χ0n) is 9.21. The molecule has 1 atom stereocenters. The normalized spacial score (nSPS) is 17.6. The molecule has 6 nitrogen and oxygen atoms in total. The summed E-state index contributed by atoms with van der Waals surface area (Å²) in [6.07, 6.45) is 2.11. The number of fused-ring (bicyclic) bond motifs is 1. The number of benzene rings is 1. The van der Waals surface area contributed by atoms with Crippen molar-refractivity contribution in [3.8, 4) is 0 Å². The number of para-hydroxylation sites is 1. The van der Waals surface area contributed by atoms with Gasteiger partial charge in [-0.3, -0.25) is 4.79 Å². The summed E-state index contributed by atoms with van der Waals surface area (Å²) in [6.45, 7) is 0. The molecule has 1 heterocycles. The molecule has 2 rings (SSSR count). The Bertz CT molecular complexity index is 505. The van der Waals surface area contributed by atoms with Gasteiger partial charge < -0.3 is 16.0 Å². The predicted octanol–water partition coefficient (Wildman–Crippen LogP) is 1.90. The maximum Gasteiger partial charge on any atom is 0.319 e. The number of nitrogens with zero attached hydrogens (tertiary/aromatic N) is 1. The maximum atomic E-state index is 11.0. The molecule has 0 aliphatic carbocycles. The molecule has 7 heteroatoms. The van der Waals surface area contributed by atoms with E-state index in [1.807, 2.05) is 24.3 Å². The third-order valence-corrected chi connectivity index (χ3v) is 3.39. The Hall–Kier alpha value is -2.15. The second-order valence-corrected chi connectivity index (χ2v) is 4.59. The summed E-state index contributed by atoms with van der Waals surface area (Å²) in [6, 6.07) is 7.79. The van der Waals surface area contributed by atoms with Gasteiger partial charge in [0.05, 0.1) is 11.3 Å². The van der Waals surface area contributed by atoms with Gasteiger partial charge in [-0.2, -0.15) is 0 Å². The number of nitrogens with one attached hydrogen (secondary N) is 3. The van der Waals surface area contributed by atoms with Gasteiger partial charge in [0.25, 0.3) is 0 Å². The Labute approximate surface area is 107 Å². The van der Waals surface area contributed by atoms with E-state index in [1.165, 1.54) is 6.20 Å². The lowest BCUT2D eigenvalue weighted by molar-refractivity contribution is -0.114. The SMILES string of the molecule is N=C/C(=C\NC1Nc2ccccc2S1)C(=O)N=O. The Morgan fingerprint density at radius 3 is 2.94 bits per heavy atom. The number of carbonyl (C=O) groups is 1. The minimum absolute atomic E-state index is 0.0802. The van der Waals surface area contributed by atoms with Crippen LogP contribution in [0.2, 0.25) is 0 Å². The van der Waals surface area contributed by atoms with Crippen molar-refractivity contribution in [1.82, 2.24) is 5.32 Å². The van der Waals surface area contributed by atoms with E-state index in [1.54, 1.807) is 11.8 Å². The third-order valence-electron chi connectivity index (χ3n) is 2.29. The number of rotatable bonds is 4. The highest BCUT2D eigenvalue weighted by molar-refractivity contribution is 8.00. The highest BCUT2D eigenvalue weighted by Crippen LogP contribution is 2.36. The van der Waals surface area contributed by atoms with E-state index in [2.05, 4.69) is 15.8 Å². The molecule has 1 aliphatic heterocycles. The Kier molecular flexibility index (Phi) is 3.73. The molecule has 0 fully saturated rings. The van der Waals surface area contributed by atoms with Crippen LogP contribution < -0.4 is 10.6 Å².